The maximum atomic E-state index is 11.8. The van der Waals surface area contributed by atoms with E-state index in [1.54, 1.807) is 0 Å². The number of ketones is 1. The second-order valence-electron chi connectivity index (χ2n) is 4.49. The SMILES string of the molecule is C=CCCCCCC(=O)C1CCNC1C. The maximum absolute atomic E-state index is 11.8. The van der Waals surface area contributed by atoms with Crippen LogP contribution < -0.4 is 5.32 Å². The van der Waals surface area contributed by atoms with Gasteiger partial charge in [0.05, 0.1) is 0 Å². The highest BCUT2D eigenvalue weighted by molar-refractivity contribution is 5.81. The van der Waals surface area contributed by atoms with Gasteiger partial charge in [0.1, 0.15) is 5.78 Å². The number of Topliss-reactive ketones (excluding diaryl/α,β-unsaturated/α-hetero) is 1. The predicted molar refractivity (Wildman–Crippen MR) is 63.9 cm³/mol. The average molecular weight is 209 g/mol. The number of allylic oxidation sites excluding steroid dienone is 1. The molecular formula is C13H23NO. The molecule has 0 aromatic carbocycles. The van der Waals surface area contributed by atoms with Crippen molar-refractivity contribution >= 4 is 5.78 Å². The number of hydrogen-bond acceptors (Lipinski definition) is 2. The first-order valence-corrected chi connectivity index (χ1v) is 6.12. The first-order valence-electron chi connectivity index (χ1n) is 6.12. The second-order valence-corrected chi connectivity index (χ2v) is 4.49. The molecule has 1 saturated heterocycles. The van der Waals surface area contributed by atoms with E-state index in [-0.39, 0.29) is 5.92 Å². The third-order valence-corrected chi connectivity index (χ3v) is 3.27. The van der Waals surface area contributed by atoms with Gasteiger partial charge in [0.15, 0.2) is 0 Å². The van der Waals surface area contributed by atoms with Crippen LogP contribution in [0.2, 0.25) is 0 Å². The van der Waals surface area contributed by atoms with Crippen molar-refractivity contribution in [2.75, 3.05) is 6.54 Å². The Morgan fingerprint density at radius 3 is 2.87 bits per heavy atom. The molecule has 0 aromatic heterocycles. The fraction of sp³-hybridized carbons (Fsp3) is 0.769. The molecular weight excluding hydrogens is 186 g/mol. The van der Waals surface area contributed by atoms with Crippen LogP contribution in [0, 0.1) is 5.92 Å². The molecule has 2 unspecified atom stereocenters. The van der Waals surface area contributed by atoms with E-state index in [0.29, 0.717) is 11.8 Å². The molecule has 2 nitrogen and oxygen atoms in total. The van der Waals surface area contributed by atoms with E-state index >= 15 is 0 Å². The monoisotopic (exact) mass is 209 g/mol. The summed E-state index contributed by atoms with van der Waals surface area (Å²) in [5.41, 5.74) is 0. The van der Waals surface area contributed by atoms with Gasteiger partial charge in [-0.25, -0.2) is 0 Å². The molecule has 2 atom stereocenters. The zero-order valence-electron chi connectivity index (χ0n) is 9.80. The number of carbonyl (C=O) groups excluding carboxylic acids is 1. The van der Waals surface area contributed by atoms with Gasteiger partial charge >= 0.3 is 0 Å². The first-order chi connectivity index (χ1) is 7.25. The standard InChI is InChI=1S/C13H23NO/c1-3-4-5-6-7-8-13(15)12-9-10-14-11(12)2/h3,11-12,14H,1,4-10H2,2H3. The average Bonchev–Trinajstić information content (AvgIpc) is 2.64. The molecule has 0 spiro atoms. The van der Waals surface area contributed by atoms with Crippen LogP contribution >= 0.6 is 0 Å². The molecule has 1 rings (SSSR count). The quantitative estimate of drug-likeness (QED) is 0.516. The molecule has 1 fully saturated rings. The molecule has 0 aromatic rings. The van der Waals surface area contributed by atoms with E-state index in [1.807, 2.05) is 6.08 Å². The molecule has 0 aliphatic carbocycles. The summed E-state index contributed by atoms with van der Waals surface area (Å²) in [6.45, 7) is 6.82. The Labute approximate surface area is 93.1 Å². The van der Waals surface area contributed by atoms with E-state index in [4.69, 9.17) is 0 Å². The minimum atomic E-state index is 0.282. The van der Waals surface area contributed by atoms with Crippen LogP contribution in [0.1, 0.15) is 45.4 Å². The van der Waals surface area contributed by atoms with Gasteiger partial charge in [-0.2, -0.15) is 0 Å². The predicted octanol–water partition coefficient (Wildman–Crippen LogP) is 2.69. The molecule has 1 heterocycles. The smallest absolute Gasteiger partial charge is 0.137 e. The molecule has 86 valence electrons. The topological polar surface area (TPSA) is 29.1 Å². The molecule has 0 radical (unpaired) electrons. The lowest BCUT2D eigenvalue weighted by atomic mass is 9.93. The van der Waals surface area contributed by atoms with Crippen LogP contribution in [-0.2, 0) is 4.79 Å². The van der Waals surface area contributed by atoms with E-state index < -0.39 is 0 Å². The molecule has 1 aliphatic rings. The van der Waals surface area contributed by atoms with Crippen LogP contribution in [0.25, 0.3) is 0 Å². The Hall–Kier alpha value is -0.630. The summed E-state index contributed by atoms with van der Waals surface area (Å²) in [5, 5.41) is 3.33. The third kappa shape index (κ3) is 4.17. The molecule has 1 aliphatic heterocycles. The fourth-order valence-corrected chi connectivity index (χ4v) is 2.25. The number of nitrogens with one attached hydrogen (secondary N) is 1. The Kier molecular flexibility index (Phi) is 5.62. The lowest BCUT2D eigenvalue weighted by Gasteiger charge is -2.13. The van der Waals surface area contributed by atoms with Crippen LogP contribution in [0.4, 0.5) is 0 Å². The minimum Gasteiger partial charge on any atom is -0.314 e. The minimum absolute atomic E-state index is 0.282. The highest BCUT2D eigenvalue weighted by atomic mass is 16.1. The van der Waals surface area contributed by atoms with E-state index in [2.05, 4.69) is 18.8 Å². The highest BCUT2D eigenvalue weighted by Crippen LogP contribution is 2.19. The molecule has 0 saturated carbocycles. The summed E-state index contributed by atoms with van der Waals surface area (Å²) in [6.07, 6.45) is 8.22. The van der Waals surface area contributed by atoms with Gasteiger partial charge in [0.2, 0.25) is 0 Å². The van der Waals surface area contributed by atoms with Crippen LogP contribution in [0.15, 0.2) is 12.7 Å². The summed E-state index contributed by atoms with van der Waals surface area (Å²) >= 11 is 0. The van der Waals surface area contributed by atoms with Crippen molar-refractivity contribution in [3.05, 3.63) is 12.7 Å². The first kappa shape index (κ1) is 12.4. The largest absolute Gasteiger partial charge is 0.314 e. The molecule has 0 amide bonds. The Balaban J connectivity index is 2.10. The van der Waals surface area contributed by atoms with Crippen molar-refractivity contribution in [1.82, 2.24) is 5.32 Å². The van der Waals surface area contributed by atoms with E-state index in [0.717, 1.165) is 38.6 Å². The molecule has 1 N–H and O–H groups in total. The summed E-state index contributed by atoms with van der Waals surface area (Å²) in [7, 11) is 0. The summed E-state index contributed by atoms with van der Waals surface area (Å²) in [5.74, 6) is 0.746. The number of hydrogen-bond donors (Lipinski definition) is 1. The highest BCUT2D eigenvalue weighted by Gasteiger charge is 2.28. The van der Waals surface area contributed by atoms with Gasteiger partial charge in [-0.3, -0.25) is 4.79 Å². The van der Waals surface area contributed by atoms with Gasteiger partial charge in [0.25, 0.3) is 0 Å². The van der Waals surface area contributed by atoms with Gasteiger partial charge in [-0.1, -0.05) is 12.5 Å². The van der Waals surface area contributed by atoms with Gasteiger partial charge in [0, 0.05) is 18.4 Å². The molecule has 2 heteroatoms. The fourth-order valence-electron chi connectivity index (χ4n) is 2.25. The molecule has 0 bridgehead atoms. The second kappa shape index (κ2) is 6.78. The van der Waals surface area contributed by atoms with Crippen molar-refractivity contribution in [2.24, 2.45) is 5.92 Å². The summed E-state index contributed by atoms with van der Waals surface area (Å²) in [6, 6.07) is 0.394. The lowest BCUT2D eigenvalue weighted by molar-refractivity contribution is -0.123. The van der Waals surface area contributed by atoms with Crippen molar-refractivity contribution in [1.29, 1.82) is 0 Å². The Bertz CT molecular complexity index is 213. The normalized spacial score (nSPS) is 25.4. The maximum Gasteiger partial charge on any atom is 0.137 e. The van der Waals surface area contributed by atoms with Crippen LogP contribution in [0.5, 0.6) is 0 Å². The zero-order valence-corrected chi connectivity index (χ0v) is 9.80. The van der Waals surface area contributed by atoms with Crippen molar-refractivity contribution in [2.45, 2.75) is 51.5 Å². The Morgan fingerprint density at radius 2 is 2.27 bits per heavy atom. The zero-order chi connectivity index (χ0) is 11.1. The van der Waals surface area contributed by atoms with Crippen LogP contribution in [-0.4, -0.2) is 18.4 Å². The van der Waals surface area contributed by atoms with Crippen molar-refractivity contribution in [3.63, 3.8) is 0 Å². The van der Waals surface area contributed by atoms with Crippen molar-refractivity contribution in [3.8, 4) is 0 Å². The van der Waals surface area contributed by atoms with E-state index in [1.165, 1.54) is 6.42 Å². The lowest BCUT2D eigenvalue weighted by Crippen LogP contribution is -2.28. The summed E-state index contributed by atoms with van der Waals surface area (Å²) < 4.78 is 0. The van der Waals surface area contributed by atoms with E-state index in [9.17, 15) is 4.79 Å². The Morgan fingerprint density at radius 1 is 1.47 bits per heavy atom. The summed E-state index contributed by atoms with van der Waals surface area (Å²) in [4.78, 5) is 11.8. The third-order valence-electron chi connectivity index (χ3n) is 3.27. The van der Waals surface area contributed by atoms with Gasteiger partial charge < -0.3 is 5.32 Å². The molecule has 15 heavy (non-hydrogen) atoms. The van der Waals surface area contributed by atoms with Gasteiger partial charge in [-0.05, 0) is 39.2 Å². The van der Waals surface area contributed by atoms with Crippen LogP contribution in [0.3, 0.4) is 0 Å². The number of unbranched alkanes of at least 4 members (excludes halogenated alkanes) is 3. The number of rotatable bonds is 7. The van der Waals surface area contributed by atoms with Crippen molar-refractivity contribution < 1.29 is 4.79 Å². The number of carbonyl (C=O) groups is 1. The van der Waals surface area contributed by atoms with Gasteiger partial charge in [-0.15, -0.1) is 6.58 Å².